The van der Waals surface area contributed by atoms with Crippen LogP contribution in [0.2, 0.25) is 5.32 Å². The Labute approximate surface area is 175 Å². The molecular weight excluding hydrogens is 407 g/mol. The van der Waals surface area contributed by atoms with Gasteiger partial charge in [-0.25, -0.2) is 0 Å². The molecule has 0 N–H and O–H groups in total. The molecule has 1 heterocycles. The Morgan fingerprint density at radius 2 is 1.79 bits per heavy atom. The van der Waals surface area contributed by atoms with E-state index in [1.165, 1.54) is 46.0 Å². The summed E-state index contributed by atoms with van der Waals surface area (Å²) >= 11 is 0.550. The van der Waals surface area contributed by atoms with Crippen molar-refractivity contribution in [3.8, 4) is 0 Å². The molecule has 2 aliphatic rings. The average molecular weight is 435 g/mol. The molecule has 0 bridgehead atoms. The van der Waals surface area contributed by atoms with Crippen LogP contribution >= 0.6 is 0 Å². The van der Waals surface area contributed by atoms with Crippen LogP contribution in [0.15, 0.2) is 76.3 Å². The van der Waals surface area contributed by atoms with Gasteiger partial charge in [-0.15, -0.1) is 0 Å². The summed E-state index contributed by atoms with van der Waals surface area (Å²) in [5.41, 5.74) is 8.43. The number of allylic oxidation sites excluding steroid dienone is 2. The van der Waals surface area contributed by atoms with Gasteiger partial charge >= 0.3 is 175 Å². The summed E-state index contributed by atoms with van der Waals surface area (Å²) in [6.07, 6.45) is 7.30. The van der Waals surface area contributed by atoms with Crippen LogP contribution in [0, 0.1) is 12.8 Å². The summed E-state index contributed by atoms with van der Waals surface area (Å²) in [6, 6.07) is 19.6. The standard InChI is InChI=1S/C26H28OSe/c1-3-4-16-28-24-18-27-17-23-25(21-13-10-19(2)11-14-21)22(26(23)24)15-12-20-8-6-5-7-9-20/h5-15,22H,3-4,16-18H2,1-2H3/b15-12+. The topological polar surface area (TPSA) is 9.23 Å². The van der Waals surface area contributed by atoms with Crippen molar-refractivity contribution in [1.29, 1.82) is 0 Å². The maximum absolute atomic E-state index is 6.01. The molecule has 0 fully saturated rings. The zero-order chi connectivity index (χ0) is 19.3. The van der Waals surface area contributed by atoms with Gasteiger partial charge in [0.1, 0.15) is 0 Å². The summed E-state index contributed by atoms with van der Waals surface area (Å²) in [5, 5.41) is 1.33. The van der Waals surface area contributed by atoms with E-state index in [1.807, 2.05) is 0 Å². The fraction of sp³-hybridized carbons (Fsp3) is 0.308. The molecule has 0 radical (unpaired) electrons. The molecule has 1 atom stereocenters. The van der Waals surface area contributed by atoms with Crippen molar-refractivity contribution in [1.82, 2.24) is 0 Å². The molecule has 0 aromatic heterocycles. The molecule has 28 heavy (non-hydrogen) atoms. The molecule has 0 saturated heterocycles. The van der Waals surface area contributed by atoms with Gasteiger partial charge in [-0.2, -0.15) is 0 Å². The van der Waals surface area contributed by atoms with Gasteiger partial charge in [0, 0.05) is 0 Å². The first kappa shape index (κ1) is 19.5. The molecule has 2 aromatic rings. The third kappa shape index (κ3) is 4.10. The van der Waals surface area contributed by atoms with E-state index >= 15 is 0 Å². The summed E-state index contributed by atoms with van der Waals surface area (Å²) in [4.78, 5) is 0. The van der Waals surface area contributed by atoms with Crippen molar-refractivity contribution in [2.45, 2.75) is 32.0 Å². The predicted molar refractivity (Wildman–Crippen MR) is 120 cm³/mol. The molecule has 2 heteroatoms. The molecule has 1 unspecified atom stereocenters. The fourth-order valence-electron chi connectivity index (χ4n) is 3.92. The summed E-state index contributed by atoms with van der Waals surface area (Å²) in [5.74, 6) is 0.403. The van der Waals surface area contributed by atoms with E-state index in [1.54, 1.807) is 10.0 Å². The summed E-state index contributed by atoms with van der Waals surface area (Å²) in [7, 11) is 0. The van der Waals surface area contributed by atoms with Crippen molar-refractivity contribution in [2.24, 2.45) is 5.92 Å². The van der Waals surface area contributed by atoms with E-state index in [-0.39, 0.29) is 0 Å². The van der Waals surface area contributed by atoms with Gasteiger partial charge in [-0.05, 0) is 0 Å². The first-order chi connectivity index (χ1) is 13.8. The molecule has 2 aromatic carbocycles. The zero-order valence-electron chi connectivity index (χ0n) is 16.8. The first-order valence-electron chi connectivity index (χ1n) is 10.2. The van der Waals surface area contributed by atoms with Crippen LogP contribution < -0.4 is 0 Å². The number of hydrogen-bond acceptors (Lipinski definition) is 1. The monoisotopic (exact) mass is 436 g/mol. The van der Waals surface area contributed by atoms with Gasteiger partial charge in [0.2, 0.25) is 0 Å². The quantitative estimate of drug-likeness (QED) is 0.366. The molecule has 1 aliphatic heterocycles. The number of rotatable bonds is 7. The maximum atomic E-state index is 6.01. The van der Waals surface area contributed by atoms with Crippen LogP contribution in [-0.4, -0.2) is 28.2 Å². The molecule has 4 rings (SSSR count). The third-order valence-corrected chi connectivity index (χ3v) is 7.94. The van der Waals surface area contributed by atoms with Crippen LogP contribution in [-0.2, 0) is 4.74 Å². The van der Waals surface area contributed by atoms with Crippen LogP contribution in [0.1, 0.15) is 36.5 Å². The summed E-state index contributed by atoms with van der Waals surface area (Å²) < 4.78 is 7.59. The van der Waals surface area contributed by atoms with Crippen molar-refractivity contribution in [2.75, 3.05) is 13.2 Å². The Kier molecular flexibility index (Phi) is 6.32. The van der Waals surface area contributed by atoms with E-state index in [2.05, 4.69) is 80.6 Å². The first-order valence-corrected chi connectivity index (χ1v) is 12.3. The minimum absolute atomic E-state index is 0.403. The average Bonchev–Trinajstić information content (AvgIpc) is 2.71. The number of aryl methyl sites for hydroxylation is 1. The SMILES string of the molecule is CCCC[Se]C1=C2C(=C(c3ccc(C)cc3)C2/C=C/c2ccccc2)COC1. The summed E-state index contributed by atoms with van der Waals surface area (Å²) in [6.45, 7) is 6.03. The molecule has 0 amide bonds. The minimum atomic E-state index is 0.403. The molecule has 1 nitrogen and oxygen atoms in total. The molecular formula is C26H28OSe. The van der Waals surface area contributed by atoms with Crippen molar-refractivity contribution >= 4 is 26.6 Å². The van der Waals surface area contributed by atoms with E-state index in [9.17, 15) is 0 Å². The van der Waals surface area contributed by atoms with Crippen molar-refractivity contribution < 1.29 is 4.74 Å². The van der Waals surface area contributed by atoms with Gasteiger partial charge in [0.15, 0.2) is 0 Å². The zero-order valence-corrected chi connectivity index (χ0v) is 18.5. The fourth-order valence-corrected chi connectivity index (χ4v) is 6.54. The number of benzene rings is 2. The normalized spacial score (nSPS) is 19.1. The Morgan fingerprint density at radius 1 is 1.00 bits per heavy atom. The van der Waals surface area contributed by atoms with E-state index in [0.717, 1.165) is 13.2 Å². The molecule has 0 saturated carbocycles. The van der Waals surface area contributed by atoms with Gasteiger partial charge in [-0.3, -0.25) is 0 Å². The van der Waals surface area contributed by atoms with E-state index < -0.39 is 0 Å². The number of unbranched alkanes of at least 4 members (excludes halogenated alkanes) is 1. The third-order valence-electron chi connectivity index (χ3n) is 5.47. The second-order valence-electron chi connectivity index (χ2n) is 7.54. The molecule has 1 aliphatic carbocycles. The van der Waals surface area contributed by atoms with Gasteiger partial charge in [0.25, 0.3) is 0 Å². The number of ether oxygens (including phenoxy) is 1. The van der Waals surface area contributed by atoms with Gasteiger partial charge in [0.05, 0.1) is 0 Å². The van der Waals surface area contributed by atoms with Crippen molar-refractivity contribution in [3.63, 3.8) is 0 Å². The van der Waals surface area contributed by atoms with Gasteiger partial charge in [-0.1, -0.05) is 0 Å². The predicted octanol–water partition coefficient (Wildman–Crippen LogP) is 6.30. The van der Waals surface area contributed by atoms with Crippen LogP contribution in [0.5, 0.6) is 0 Å². The Balaban J connectivity index is 1.71. The van der Waals surface area contributed by atoms with E-state index in [4.69, 9.17) is 4.74 Å². The van der Waals surface area contributed by atoms with Gasteiger partial charge < -0.3 is 0 Å². The van der Waals surface area contributed by atoms with Crippen LogP contribution in [0.3, 0.4) is 0 Å². The molecule has 0 spiro atoms. The second-order valence-corrected chi connectivity index (χ2v) is 10.0. The van der Waals surface area contributed by atoms with Crippen LogP contribution in [0.4, 0.5) is 0 Å². The Bertz CT molecular complexity index is 903. The van der Waals surface area contributed by atoms with Crippen LogP contribution in [0.25, 0.3) is 11.6 Å². The Hall–Kier alpha value is -1.86. The van der Waals surface area contributed by atoms with Crippen molar-refractivity contribution in [3.05, 3.63) is 93.0 Å². The number of hydrogen-bond donors (Lipinski definition) is 0. The van der Waals surface area contributed by atoms with E-state index in [0.29, 0.717) is 20.9 Å². The Morgan fingerprint density at radius 3 is 2.54 bits per heavy atom. The molecule has 144 valence electrons. The number of fused-ring (bicyclic) bond motifs is 1. The second kappa shape index (κ2) is 9.09.